The van der Waals surface area contributed by atoms with Gasteiger partial charge in [0.15, 0.2) is 5.17 Å². The predicted octanol–water partition coefficient (Wildman–Crippen LogP) is 2.51. The number of anilines is 1. The van der Waals surface area contributed by atoms with E-state index in [1.165, 1.54) is 17.0 Å². The molecule has 0 aromatic heterocycles. The second kappa shape index (κ2) is 5.94. The number of amidine groups is 1. The number of carbonyl (C=O) groups excluding carboxylic acids is 1. The van der Waals surface area contributed by atoms with E-state index >= 15 is 0 Å². The highest BCUT2D eigenvalue weighted by Gasteiger charge is 2.31. The lowest BCUT2D eigenvalue weighted by atomic mass is 10.3. The Kier molecular flexibility index (Phi) is 4.00. The molecule has 1 aliphatic heterocycles. The Morgan fingerprint density at radius 1 is 0.955 bits per heavy atom. The number of amides is 1. The molecule has 0 radical (unpaired) electrons. The van der Waals surface area contributed by atoms with E-state index in [0.29, 0.717) is 5.69 Å². The lowest BCUT2D eigenvalue weighted by Crippen LogP contribution is -2.29. The lowest BCUT2D eigenvalue weighted by Gasteiger charge is -2.15. The maximum absolute atomic E-state index is 12.3. The van der Waals surface area contributed by atoms with E-state index < -0.39 is 10.0 Å². The molecule has 22 heavy (non-hydrogen) atoms. The van der Waals surface area contributed by atoms with Crippen molar-refractivity contribution in [2.24, 2.45) is 4.40 Å². The molecule has 1 aliphatic rings. The maximum Gasteiger partial charge on any atom is 0.284 e. The van der Waals surface area contributed by atoms with Crippen molar-refractivity contribution in [3.05, 3.63) is 60.7 Å². The average molecular weight is 332 g/mol. The molecule has 7 heteroatoms. The Balaban J connectivity index is 2.02. The zero-order valence-electron chi connectivity index (χ0n) is 11.4. The number of para-hydroxylation sites is 1. The standard InChI is InChI=1S/C15H12N2O3S2/c18-14-11-21-15(17(14)12-7-3-1-4-8-12)16-22(19,20)13-9-5-2-6-10-13/h1-10H,11H2. The predicted molar refractivity (Wildman–Crippen MR) is 87.4 cm³/mol. The number of carbonyl (C=O) groups is 1. The molecule has 0 aliphatic carbocycles. The smallest absolute Gasteiger partial charge is 0.273 e. The van der Waals surface area contributed by atoms with Crippen LogP contribution in [0, 0.1) is 0 Å². The number of rotatable bonds is 3. The summed E-state index contributed by atoms with van der Waals surface area (Å²) in [5.41, 5.74) is 0.611. The van der Waals surface area contributed by atoms with Crippen LogP contribution in [-0.2, 0) is 14.8 Å². The van der Waals surface area contributed by atoms with Crippen LogP contribution in [0.3, 0.4) is 0 Å². The molecule has 1 heterocycles. The lowest BCUT2D eigenvalue weighted by molar-refractivity contribution is -0.115. The topological polar surface area (TPSA) is 66.8 Å². The number of nitrogens with zero attached hydrogens (tertiary/aromatic N) is 2. The van der Waals surface area contributed by atoms with Gasteiger partial charge >= 0.3 is 0 Å². The first-order valence-corrected chi connectivity index (χ1v) is 8.91. The van der Waals surface area contributed by atoms with Crippen molar-refractivity contribution in [3.8, 4) is 0 Å². The van der Waals surface area contributed by atoms with Gasteiger partial charge in [0.25, 0.3) is 10.0 Å². The number of sulfonamides is 1. The van der Waals surface area contributed by atoms with Crippen molar-refractivity contribution >= 4 is 38.5 Å². The van der Waals surface area contributed by atoms with Crippen LogP contribution in [-0.4, -0.2) is 25.2 Å². The zero-order valence-corrected chi connectivity index (χ0v) is 13.0. The molecule has 1 fully saturated rings. The van der Waals surface area contributed by atoms with Gasteiger partial charge in [0, 0.05) is 0 Å². The van der Waals surface area contributed by atoms with E-state index in [9.17, 15) is 13.2 Å². The second-order valence-electron chi connectivity index (χ2n) is 4.52. The normalized spacial score (nSPS) is 17.2. The highest BCUT2D eigenvalue weighted by molar-refractivity contribution is 8.16. The van der Waals surface area contributed by atoms with Gasteiger partial charge < -0.3 is 0 Å². The highest BCUT2D eigenvalue weighted by Crippen LogP contribution is 2.28. The Hall–Kier alpha value is -2.12. The molecule has 0 saturated carbocycles. The van der Waals surface area contributed by atoms with Crippen LogP contribution < -0.4 is 4.90 Å². The Morgan fingerprint density at radius 2 is 1.55 bits per heavy atom. The molecule has 1 saturated heterocycles. The monoisotopic (exact) mass is 332 g/mol. The van der Waals surface area contributed by atoms with Crippen LogP contribution in [0.15, 0.2) is 70.0 Å². The highest BCUT2D eigenvalue weighted by atomic mass is 32.2. The van der Waals surface area contributed by atoms with Gasteiger partial charge in [0.1, 0.15) is 0 Å². The van der Waals surface area contributed by atoms with E-state index in [2.05, 4.69) is 4.40 Å². The Bertz CT molecular complexity index is 818. The molecular formula is C15H12N2O3S2. The number of hydrogen-bond acceptors (Lipinski definition) is 4. The molecule has 0 N–H and O–H groups in total. The van der Waals surface area contributed by atoms with Crippen LogP contribution in [0.5, 0.6) is 0 Å². The van der Waals surface area contributed by atoms with Crippen molar-refractivity contribution in [1.82, 2.24) is 0 Å². The SMILES string of the molecule is O=C1CSC(=NS(=O)(=O)c2ccccc2)N1c1ccccc1. The summed E-state index contributed by atoms with van der Waals surface area (Å²) in [5.74, 6) is -0.00360. The molecule has 1 amide bonds. The summed E-state index contributed by atoms with van der Waals surface area (Å²) in [5, 5.41) is 0.181. The number of benzene rings is 2. The van der Waals surface area contributed by atoms with Crippen LogP contribution in [0.25, 0.3) is 0 Å². The van der Waals surface area contributed by atoms with Crippen molar-refractivity contribution in [3.63, 3.8) is 0 Å². The first kappa shape index (κ1) is 14.8. The van der Waals surface area contributed by atoms with Crippen LogP contribution in [0.1, 0.15) is 0 Å². The van der Waals surface area contributed by atoms with Crippen LogP contribution in [0.2, 0.25) is 0 Å². The number of hydrogen-bond donors (Lipinski definition) is 0. The molecule has 2 aromatic carbocycles. The van der Waals surface area contributed by atoms with E-state index in [1.807, 2.05) is 6.07 Å². The molecule has 0 unspecified atom stereocenters. The van der Waals surface area contributed by atoms with Crippen molar-refractivity contribution < 1.29 is 13.2 Å². The van der Waals surface area contributed by atoms with Gasteiger partial charge in [-0.1, -0.05) is 48.2 Å². The maximum atomic E-state index is 12.3. The Labute approximate surface area is 132 Å². The summed E-state index contributed by atoms with van der Waals surface area (Å²) >= 11 is 1.12. The zero-order chi connectivity index (χ0) is 15.6. The Morgan fingerprint density at radius 3 is 2.18 bits per heavy atom. The largest absolute Gasteiger partial charge is 0.284 e. The van der Waals surface area contributed by atoms with E-state index in [1.54, 1.807) is 42.5 Å². The van der Waals surface area contributed by atoms with Crippen molar-refractivity contribution in [2.45, 2.75) is 4.90 Å². The third-order valence-corrected chi connectivity index (χ3v) is 5.34. The molecule has 0 bridgehead atoms. The molecule has 2 aromatic rings. The first-order valence-electron chi connectivity index (χ1n) is 6.49. The van der Waals surface area contributed by atoms with E-state index in [0.717, 1.165) is 11.8 Å². The molecular weight excluding hydrogens is 320 g/mol. The van der Waals surface area contributed by atoms with Gasteiger partial charge in [0.05, 0.1) is 16.3 Å². The summed E-state index contributed by atoms with van der Waals surface area (Å²) in [6, 6.07) is 16.9. The first-order chi connectivity index (χ1) is 10.6. The fourth-order valence-corrected chi connectivity index (χ4v) is 4.13. The van der Waals surface area contributed by atoms with E-state index in [4.69, 9.17) is 0 Å². The molecule has 0 atom stereocenters. The fraction of sp³-hybridized carbons (Fsp3) is 0.0667. The summed E-state index contributed by atoms with van der Waals surface area (Å²) in [6.07, 6.45) is 0. The summed E-state index contributed by atoms with van der Waals surface area (Å²) in [4.78, 5) is 13.5. The minimum Gasteiger partial charge on any atom is -0.273 e. The minimum atomic E-state index is -3.83. The van der Waals surface area contributed by atoms with Crippen molar-refractivity contribution in [1.29, 1.82) is 0 Å². The summed E-state index contributed by atoms with van der Waals surface area (Å²) in [7, 11) is -3.83. The van der Waals surface area contributed by atoms with E-state index in [-0.39, 0.29) is 21.7 Å². The van der Waals surface area contributed by atoms with Gasteiger partial charge in [-0.15, -0.1) is 4.40 Å². The minimum absolute atomic E-state index is 0.107. The number of thioether (sulfide) groups is 1. The third-order valence-electron chi connectivity index (χ3n) is 3.02. The van der Waals surface area contributed by atoms with Gasteiger partial charge in [-0.3, -0.25) is 9.69 Å². The quantitative estimate of drug-likeness (QED) is 0.866. The van der Waals surface area contributed by atoms with Gasteiger partial charge in [-0.25, -0.2) is 0 Å². The van der Waals surface area contributed by atoms with Crippen molar-refractivity contribution in [2.75, 3.05) is 10.7 Å². The summed E-state index contributed by atoms with van der Waals surface area (Å²) in [6.45, 7) is 0. The third kappa shape index (κ3) is 2.90. The second-order valence-corrected chi connectivity index (χ2v) is 7.06. The van der Waals surface area contributed by atoms with Gasteiger partial charge in [-0.05, 0) is 24.3 Å². The molecule has 112 valence electrons. The van der Waals surface area contributed by atoms with Crippen LogP contribution in [0.4, 0.5) is 5.69 Å². The average Bonchev–Trinajstić information content (AvgIpc) is 2.89. The van der Waals surface area contributed by atoms with Gasteiger partial charge in [0.2, 0.25) is 5.91 Å². The fourth-order valence-electron chi connectivity index (χ4n) is 2.01. The van der Waals surface area contributed by atoms with Crippen LogP contribution >= 0.6 is 11.8 Å². The van der Waals surface area contributed by atoms with Gasteiger partial charge in [-0.2, -0.15) is 8.42 Å². The molecule has 0 spiro atoms. The molecule has 5 nitrogen and oxygen atoms in total. The molecule has 3 rings (SSSR count). The summed E-state index contributed by atoms with van der Waals surface area (Å²) < 4.78 is 28.5.